The number of urea groups is 1. The van der Waals surface area contributed by atoms with Crippen molar-refractivity contribution >= 4 is 23.3 Å². The molecule has 0 atom stereocenters. The molecule has 1 saturated heterocycles. The maximum absolute atomic E-state index is 13.1. The number of nitrogens with zero attached hydrogens (tertiary/aromatic N) is 3. The van der Waals surface area contributed by atoms with Crippen molar-refractivity contribution in [2.45, 2.75) is 13.8 Å². The average Bonchev–Trinajstić information content (AvgIpc) is 3.04. The van der Waals surface area contributed by atoms with Crippen LogP contribution < -0.4 is 5.32 Å². The van der Waals surface area contributed by atoms with Gasteiger partial charge < -0.3 is 15.1 Å². The molecule has 8 heteroatoms. The minimum absolute atomic E-state index is 0.0658. The van der Waals surface area contributed by atoms with Gasteiger partial charge in [0.1, 0.15) is 15.7 Å². The molecule has 0 unspecified atom stereocenters. The van der Waals surface area contributed by atoms with Crippen LogP contribution in [0.4, 0.5) is 9.18 Å². The third-order valence-corrected chi connectivity index (χ3v) is 5.46. The Morgan fingerprint density at radius 3 is 2.38 bits per heavy atom. The third kappa shape index (κ3) is 3.85. The number of carbonyl (C=O) groups excluding carboxylic acids is 2. The molecule has 3 rings (SSSR count). The Bertz CT molecular complexity index is 798. The fourth-order valence-electron chi connectivity index (χ4n) is 2.83. The van der Waals surface area contributed by atoms with Gasteiger partial charge in [-0.1, -0.05) is 0 Å². The Kier molecular flexibility index (Phi) is 5.51. The van der Waals surface area contributed by atoms with Crippen LogP contribution in [-0.4, -0.2) is 59.4 Å². The lowest BCUT2D eigenvalue weighted by atomic mass is 10.2. The van der Waals surface area contributed by atoms with Crippen LogP contribution >= 0.6 is 11.3 Å². The number of hydrogen-bond acceptors (Lipinski definition) is 4. The molecule has 1 fully saturated rings. The van der Waals surface area contributed by atoms with Gasteiger partial charge >= 0.3 is 6.03 Å². The van der Waals surface area contributed by atoms with Gasteiger partial charge in [0.25, 0.3) is 5.91 Å². The summed E-state index contributed by atoms with van der Waals surface area (Å²) in [4.78, 5) is 33.2. The Labute approximate surface area is 155 Å². The average molecular weight is 376 g/mol. The zero-order valence-electron chi connectivity index (χ0n) is 14.8. The number of benzene rings is 1. The number of halogens is 1. The number of hydrogen-bond donors (Lipinski definition) is 1. The minimum atomic E-state index is -0.302. The smallest absolute Gasteiger partial charge is 0.317 e. The fourth-order valence-corrected chi connectivity index (χ4v) is 3.87. The molecule has 2 aromatic rings. The zero-order chi connectivity index (χ0) is 18.7. The number of aryl methyl sites for hydroxylation is 1. The number of thiazole rings is 1. The van der Waals surface area contributed by atoms with Gasteiger partial charge in [0.15, 0.2) is 0 Å². The summed E-state index contributed by atoms with van der Waals surface area (Å²) in [6.07, 6.45) is 0. The summed E-state index contributed by atoms with van der Waals surface area (Å²) in [7, 11) is 0. The Morgan fingerprint density at radius 2 is 1.77 bits per heavy atom. The summed E-state index contributed by atoms with van der Waals surface area (Å²) >= 11 is 1.32. The molecular formula is C18H21FN4O2S. The SMILES string of the molecule is CCNC(=O)N1CCN(C(=O)c2sc(-c3ccc(F)cc3)nc2C)CC1. The highest BCUT2D eigenvalue weighted by Gasteiger charge is 2.27. The number of piperazine rings is 1. The first-order valence-corrected chi connectivity index (χ1v) is 9.36. The summed E-state index contributed by atoms with van der Waals surface area (Å²) in [6, 6.07) is 5.99. The molecule has 2 heterocycles. The molecule has 0 bridgehead atoms. The van der Waals surface area contributed by atoms with Crippen molar-refractivity contribution in [1.29, 1.82) is 0 Å². The lowest BCUT2D eigenvalue weighted by molar-refractivity contribution is 0.0669. The standard InChI is InChI=1S/C18H21FN4O2S/c1-3-20-18(25)23-10-8-22(9-11-23)17(24)15-12(2)21-16(26-15)13-4-6-14(19)7-5-13/h4-7H,3,8-11H2,1-2H3,(H,20,25). The van der Waals surface area contributed by atoms with Gasteiger partial charge in [0.05, 0.1) is 5.69 Å². The molecule has 1 aromatic heterocycles. The third-order valence-electron chi connectivity index (χ3n) is 4.26. The van der Waals surface area contributed by atoms with Crippen molar-refractivity contribution < 1.29 is 14.0 Å². The highest BCUT2D eigenvalue weighted by atomic mass is 32.1. The van der Waals surface area contributed by atoms with E-state index in [9.17, 15) is 14.0 Å². The zero-order valence-corrected chi connectivity index (χ0v) is 15.6. The number of aromatic nitrogens is 1. The van der Waals surface area contributed by atoms with E-state index in [0.717, 1.165) is 5.56 Å². The fraction of sp³-hybridized carbons (Fsp3) is 0.389. The molecule has 1 aliphatic heterocycles. The van der Waals surface area contributed by atoms with Gasteiger partial charge in [-0.25, -0.2) is 14.2 Å². The highest BCUT2D eigenvalue weighted by molar-refractivity contribution is 7.17. The molecule has 6 nitrogen and oxygen atoms in total. The van der Waals surface area contributed by atoms with Crippen LogP contribution in [0.2, 0.25) is 0 Å². The van der Waals surface area contributed by atoms with Gasteiger partial charge in [-0.15, -0.1) is 11.3 Å². The maximum Gasteiger partial charge on any atom is 0.317 e. The highest BCUT2D eigenvalue weighted by Crippen LogP contribution is 2.29. The predicted molar refractivity (Wildman–Crippen MR) is 98.8 cm³/mol. The maximum atomic E-state index is 13.1. The van der Waals surface area contributed by atoms with Gasteiger partial charge in [-0.2, -0.15) is 0 Å². The van der Waals surface area contributed by atoms with E-state index in [2.05, 4.69) is 10.3 Å². The van der Waals surface area contributed by atoms with Crippen LogP contribution in [0.3, 0.4) is 0 Å². The first-order chi connectivity index (χ1) is 12.5. The molecular weight excluding hydrogens is 355 g/mol. The number of nitrogens with one attached hydrogen (secondary N) is 1. The van der Waals surface area contributed by atoms with E-state index in [1.54, 1.807) is 21.9 Å². The van der Waals surface area contributed by atoms with Gasteiger partial charge in [-0.05, 0) is 38.1 Å². The molecule has 138 valence electrons. The number of rotatable bonds is 3. The van der Waals surface area contributed by atoms with Crippen molar-refractivity contribution in [2.75, 3.05) is 32.7 Å². The molecule has 0 aliphatic carbocycles. The quantitative estimate of drug-likeness (QED) is 0.896. The Morgan fingerprint density at radius 1 is 1.15 bits per heavy atom. The molecule has 1 aliphatic rings. The first kappa shape index (κ1) is 18.3. The summed E-state index contributed by atoms with van der Waals surface area (Å²) in [5.41, 5.74) is 1.46. The van der Waals surface area contributed by atoms with Crippen molar-refractivity contribution in [1.82, 2.24) is 20.1 Å². The second-order valence-electron chi connectivity index (χ2n) is 6.06. The van der Waals surface area contributed by atoms with Crippen LogP contribution in [0, 0.1) is 12.7 Å². The van der Waals surface area contributed by atoms with Crippen molar-refractivity contribution in [3.63, 3.8) is 0 Å². The molecule has 26 heavy (non-hydrogen) atoms. The predicted octanol–water partition coefficient (Wildman–Crippen LogP) is 2.74. The van der Waals surface area contributed by atoms with Crippen molar-refractivity contribution in [3.8, 4) is 10.6 Å². The second kappa shape index (κ2) is 7.82. The van der Waals surface area contributed by atoms with E-state index in [1.165, 1.54) is 23.5 Å². The molecule has 0 radical (unpaired) electrons. The van der Waals surface area contributed by atoms with Crippen molar-refractivity contribution in [3.05, 3.63) is 40.7 Å². The Balaban J connectivity index is 1.69. The summed E-state index contributed by atoms with van der Waals surface area (Å²) < 4.78 is 13.1. The van der Waals surface area contributed by atoms with Crippen LogP contribution in [0.25, 0.3) is 10.6 Å². The first-order valence-electron chi connectivity index (χ1n) is 8.55. The van der Waals surface area contributed by atoms with E-state index >= 15 is 0 Å². The molecule has 3 amide bonds. The molecule has 0 saturated carbocycles. The van der Waals surface area contributed by atoms with Gasteiger partial charge in [0, 0.05) is 38.3 Å². The van der Waals surface area contributed by atoms with Crippen molar-refractivity contribution in [2.24, 2.45) is 0 Å². The lowest BCUT2D eigenvalue weighted by Crippen LogP contribution is -2.53. The monoisotopic (exact) mass is 376 g/mol. The summed E-state index contributed by atoms with van der Waals surface area (Å²) in [6.45, 7) is 6.30. The molecule has 0 spiro atoms. The largest absolute Gasteiger partial charge is 0.338 e. The van der Waals surface area contributed by atoms with E-state index in [-0.39, 0.29) is 17.8 Å². The van der Waals surface area contributed by atoms with E-state index < -0.39 is 0 Å². The normalized spacial score (nSPS) is 14.4. The van der Waals surface area contributed by atoms with E-state index in [1.807, 2.05) is 13.8 Å². The summed E-state index contributed by atoms with van der Waals surface area (Å²) in [5, 5.41) is 3.48. The van der Waals surface area contributed by atoms with E-state index in [0.29, 0.717) is 48.3 Å². The number of carbonyl (C=O) groups is 2. The summed E-state index contributed by atoms with van der Waals surface area (Å²) in [5.74, 6) is -0.368. The second-order valence-corrected chi connectivity index (χ2v) is 7.05. The van der Waals surface area contributed by atoms with E-state index in [4.69, 9.17) is 0 Å². The topological polar surface area (TPSA) is 65.5 Å². The van der Waals surface area contributed by atoms with Gasteiger partial charge in [-0.3, -0.25) is 4.79 Å². The Hall–Kier alpha value is -2.48. The van der Waals surface area contributed by atoms with Crippen LogP contribution in [0.1, 0.15) is 22.3 Å². The minimum Gasteiger partial charge on any atom is -0.338 e. The van der Waals surface area contributed by atoms with Crippen LogP contribution in [-0.2, 0) is 0 Å². The molecule has 1 N–H and O–H groups in total. The van der Waals surface area contributed by atoms with Crippen LogP contribution in [0.5, 0.6) is 0 Å². The van der Waals surface area contributed by atoms with Crippen LogP contribution in [0.15, 0.2) is 24.3 Å². The lowest BCUT2D eigenvalue weighted by Gasteiger charge is -2.34. The van der Waals surface area contributed by atoms with Gasteiger partial charge in [0.2, 0.25) is 0 Å². The number of amides is 3. The molecule has 1 aromatic carbocycles.